The van der Waals surface area contributed by atoms with Crippen LogP contribution in [0.4, 0.5) is 9.59 Å². The summed E-state index contributed by atoms with van der Waals surface area (Å²) in [7, 11) is 0. The van der Waals surface area contributed by atoms with Gasteiger partial charge in [0.25, 0.3) is 0 Å². The van der Waals surface area contributed by atoms with Crippen molar-refractivity contribution in [3.05, 3.63) is 71.8 Å². The topological polar surface area (TPSA) is 205 Å². The second kappa shape index (κ2) is 23.4. The highest BCUT2D eigenvalue weighted by Gasteiger charge is 2.49. The molecular formula is C51H75N7O9. The summed E-state index contributed by atoms with van der Waals surface area (Å²) in [6, 6.07) is 14.1. The van der Waals surface area contributed by atoms with E-state index in [0.29, 0.717) is 45.6 Å². The molecule has 0 radical (unpaired) electrons. The second-order valence-corrected chi connectivity index (χ2v) is 21.1. The van der Waals surface area contributed by atoms with Crippen LogP contribution < -0.4 is 26.6 Å². The second-order valence-electron chi connectivity index (χ2n) is 21.1. The fourth-order valence-corrected chi connectivity index (χ4v) is 8.57. The van der Waals surface area contributed by atoms with Gasteiger partial charge in [0.1, 0.15) is 35.4 Å². The van der Waals surface area contributed by atoms with E-state index in [1.807, 2.05) is 79.4 Å². The predicted octanol–water partition coefficient (Wildman–Crippen LogP) is 5.42. The Morgan fingerprint density at radius 1 is 0.627 bits per heavy atom. The maximum absolute atomic E-state index is 14.5. The van der Waals surface area contributed by atoms with Gasteiger partial charge in [-0.05, 0) is 110 Å². The quantitative estimate of drug-likeness (QED) is 0.107. The summed E-state index contributed by atoms with van der Waals surface area (Å²) in [6.07, 6.45) is 3.98. The minimum atomic E-state index is -1.16. The Balaban J connectivity index is 1.30. The Hall–Kier alpha value is -5.67. The standard InChI is InChI=1S/C51H75N7O9/c1-34(2)29-39(54-43(60)40(30-35-17-11-9-12-18-35)55-44(61)41(31-36-19-13-10-14-20-36)56-48(65)67-50(6,7)8)42(59)53-38(21-15-16-26-52-47(64)66-49(3,4)5)46(63)58-32-51(33-58)24-27-57(28-25-51)45(62)37-22-23-37/h9-14,17-20,34,37-41H,15-16,21-33H2,1-8H3,(H,52,64)(H,53,59)(H,54,60)(H,55,61)(H,56,65)/t38-,39-,40-,41-/m1/s1. The lowest BCUT2D eigenvalue weighted by Gasteiger charge is -2.54. The van der Waals surface area contributed by atoms with Crippen molar-refractivity contribution in [2.45, 2.75) is 155 Å². The smallest absolute Gasteiger partial charge is 0.408 e. The largest absolute Gasteiger partial charge is 0.444 e. The van der Waals surface area contributed by atoms with Crippen LogP contribution in [0.3, 0.4) is 0 Å². The molecular weight excluding hydrogens is 855 g/mol. The first kappa shape index (κ1) is 52.3. The zero-order chi connectivity index (χ0) is 48.9. The molecule has 2 aromatic carbocycles. The van der Waals surface area contributed by atoms with Crippen molar-refractivity contribution in [3.63, 3.8) is 0 Å². The van der Waals surface area contributed by atoms with Gasteiger partial charge in [0, 0.05) is 56.9 Å². The van der Waals surface area contributed by atoms with Gasteiger partial charge in [-0.25, -0.2) is 9.59 Å². The van der Waals surface area contributed by atoms with Crippen molar-refractivity contribution in [2.24, 2.45) is 17.3 Å². The maximum Gasteiger partial charge on any atom is 0.408 e. The molecule has 0 unspecified atom stereocenters. The zero-order valence-electron chi connectivity index (χ0n) is 40.9. The number of benzene rings is 2. The van der Waals surface area contributed by atoms with Crippen molar-refractivity contribution in [2.75, 3.05) is 32.7 Å². The lowest BCUT2D eigenvalue weighted by molar-refractivity contribution is -0.153. The Bertz CT molecular complexity index is 2000. The summed E-state index contributed by atoms with van der Waals surface area (Å²) < 4.78 is 10.8. The highest BCUT2D eigenvalue weighted by molar-refractivity contribution is 5.95. The van der Waals surface area contributed by atoms with E-state index in [9.17, 15) is 33.6 Å². The molecule has 2 heterocycles. The first-order valence-corrected chi connectivity index (χ1v) is 24.1. The first-order valence-electron chi connectivity index (χ1n) is 24.1. The lowest BCUT2D eigenvalue weighted by atomic mass is 9.71. The number of carbonyl (C=O) groups is 7. The fourth-order valence-electron chi connectivity index (χ4n) is 8.57. The highest BCUT2D eigenvalue weighted by Crippen LogP contribution is 2.42. The van der Waals surface area contributed by atoms with Crippen LogP contribution in [0.1, 0.15) is 118 Å². The van der Waals surface area contributed by atoms with Gasteiger partial charge < -0.3 is 45.9 Å². The molecule has 16 heteroatoms. The Morgan fingerprint density at radius 3 is 1.61 bits per heavy atom. The molecule has 7 amide bonds. The molecule has 1 saturated carbocycles. The van der Waals surface area contributed by atoms with E-state index in [2.05, 4.69) is 26.6 Å². The number of ether oxygens (including phenoxy) is 2. The third-order valence-corrected chi connectivity index (χ3v) is 12.2. The molecule has 3 aliphatic rings. The van der Waals surface area contributed by atoms with Crippen LogP contribution in [-0.2, 0) is 46.3 Å². The number of carbonyl (C=O) groups excluding carboxylic acids is 7. The Morgan fingerprint density at radius 2 is 1.10 bits per heavy atom. The van der Waals surface area contributed by atoms with Crippen molar-refractivity contribution < 1.29 is 43.0 Å². The molecule has 2 aliphatic heterocycles. The number of rotatable bonds is 20. The molecule has 0 bridgehead atoms. The predicted molar refractivity (Wildman–Crippen MR) is 254 cm³/mol. The molecule has 4 atom stereocenters. The molecule has 5 N–H and O–H groups in total. The van der Waals surface area contributed by atoms with Crippen LogP contribution in [-0.4, -0.2) is 120 Å². The number of alkyl carbamates (subject to hydrolysis) is 2. The van der Waals surface area contributed by atoms with E-state index in [0.717, 1.165) is 36.8 Å². The van der Waals surface area contributed by atoms with Crippen molar-refractivity contribution in [1.29, 1.82) is 0 Å². The molecule has 2 saturated heterocycles. The van der Waals surface area contributed by atoms with Gasteiger partial charge in [-0.1, -0.05) is 74.5 Å². The SMILES string of the molecule is CC(C)C[C@@H](NC(=O)[C@@H](Cc1ccccc1)NC(=O)[C@@H](Cc1ccccc1)NC(=O)OC(C)(C)C)C(=O)N[C@H](CCCCNC(=O)OC(C)(C)C)C(=O)N1CC2(CCN(C(=O)C3CC3)CC2)C1. The van der Waals surface area contributed by atoms with Crippen molar-refractivity contribution in [3.8, 4) is 0 Å². The summed E-state index contributed by atoms with van der Waals surface area (Å²) in [5.74, 6) is -1.62. The molecule has 3 fully saturated rings. The van der Waals surface area contributed by atoms with Gasteiger partial charge in [-0.3, -0.25) is 24.0 Å². The Labute approximate surface area is 396 Å². The van der Waals surface area contributed by atoms with E-state index in [-0.39, 0.29) is 54.7 Å². The van der Waals surface area contributed by atoms with Crippen LogP contribution in [0.2, 0.25) is 0 Å². The van der Waals surface area contributed by atoms with Gasteiger partial charge in [-0.2, -0.15) is 0 Å². The third kappa shape index (κ3) is 17.2. The van der Waals surface area contributed by atoms with Crippen LogP contribution >= 0.6 is 0 Å². The average Bonchev–Trinajstić information content (AvgIpc) is 4.09. The normalized spacial score (nSPS) is 17.5. The monoisotopic (exact) mass is 930 g/mol. The minimum Gasteiger partial charge on any atom is -0.444 e. The van der Waals surface area contributed by atoms with Crippen LogP contribution in [0.25, 0.3) is 0 Å². The van der Waals surface area contributed by atoms with Gasteiger partial charge in [0.2, 0.25) is 29.5 Å². The van der Waals surface area contributed by atoms with Crippen LogP contribution in [0.15, 0.2) is 60.7 Å². The molecule has 368 valence electrons. The van der Waals surface area contributed by atoms with Crippen molar-refractivity contribution >= 4 is 41.7 Å². The van der Waals surface area contributed by atoms with E-state index in [1.165, 1.54) is 0 Å². The number of hydrogen-bond acceptors (Lipinski definition) is 9. The van der Waals surface area contributed by atoms with E-state index in [4.69, 9.17) is 9.47 Å². The highest BCUT2D eigenvalue weighted by atomic mass is 16.6. The molecule has 0 aromatic heterocycles. The van der Waals surface area contributed by atoms with E-state index < -0.39 is 65.3 Å². The number of piperidine rings is 1. The number of unbranched alkanes of at least 4 members (excludes halogenated alkanes) is 1. The van der Waals surface area contributed by atoms with Crippen LogP contribution in [0, 0.1) is 17.3 Å². The summed E-state index contributed by atoms with van der Waals surface area (Å²) in [5, 5.41) is 14.2. The summed E-state index contributed by atoms with van der Waals surface area (Å²) >= 11 is 0. The van der Waals surface area contributed by atoms with E-state index >= 15 is 0 Å². The molecule has 2 aromatic rings. The molecule has 16 nitrogen and oxygen atoms in total. The van der Waals surface area contributed by atoms with Crippen LogP contribution in [0.5, 0.6) is 0 Å². The summed E-state index contributed by atoms with van der Waals surface area (Å²) in [4.78, 5) is 99.1. The number of amides is 7. The van der Waals surface area contributed by atoms with Gasteiger partial charge in [-0.15, -0.1) is 0 Å². The number of likely N-dealkylation sites (tertiary alicyclic amines) is 2. The lowest BCUT2D eigenvalue weighted by Crippen LogP contribution is -2.65. The van der Waals surface area contributed by atoms with Gasteiger partial charge >= 0.3 is 12.2 Å². The van der Waals surface area contributed by atoms with E-state index in [1.54, 1.807) is 46.4 Å². The zero-order valence-corrected chi connectivity index (χ0v) is 40.9. The van der Waals surface area contributed by atoms with Gasteiger partial charge in [0.05, 0.1) is 0 Å². The maximum atomic E-state index is 14.5. The number of nitrogens with zero attached hydrogens (tertiary/aromatic N) is 2. The van der Waals surface area contributed by atoms with Gasteiger partial charge in [0.15, 0.2) is 0 Å². The fraction of sp³-hybridized carbons (Fsp3) is 0.627. The number of hydrogen-bond donors (Lipinski definition) is 5. The van der Waals surface area contributed by atoms with Crippen molar-refractivity contribution in [1.82, 2.24) is 36.4 Å². The number of nitrogens with one attached hydrogen (secondary N) is 5. The molecule has 5 rings (SSSR count). The third-order valence-electron chi connectivity index (χ3n) is 12.2. The molecule has 1 spiro atoms. The minimum absolute atomic E-state index is 0.0486. The summed E-state index contributed by atoms with van der Waals surface area (Å²) in [5.41, 5.74) is -0.0140. The molecule has 1 aliphatic carbocycles. The molecule has 67 heavy (non-hydrogen) atoms. The Kier molecular flexibility index (Phi) is 18.2. The first-order chi connectivity index (χ1) is 31.6. The average molecular weight is 930 g/mol. The summed E-state index contributed by atoms with van der Waals surface area (Å²) in [6.45, 7) is 17.1.